The number of benzene rings is 1. The number of likely N-dealkylation sites (tertiary alicyclic amines) is 1. The summed E-state index contributed by atoms with van der Waals surface area (Å²) in [6.07, 6.45) is 1.42. The number of hydrogen-bond acceptors (Lipinski definition) is 4. The van der Waals surface area contributed by atoms with E-state index >= 15 is 0 Å². The SMILES string of the molecule is C[C@H]1OCCN[C@@H]1C(=O)N1CCC(NC(=O)Nc2ccccc2)CC1. The molecule has 1 aromatic rings. The van der Waals surface area contributed by atoms with E-state index in [0.29, 0.717) is 26.2 Å². The van der Waals surface area contributed by atoms with Crippen LogP contribution in [0.15, 0.2) is 30.3 Å². The number of nitrogens with one attached hydrogen (secondary N) is 3. The molecule has 0 unspecified atom stereocenters. The molecule has 3 amide bonds. The number of hydrogen-bond donors (Lipinski definition) is 3. The van der Waals surface area contributed by atoms with Gasteiger partial charge in [0.05, 0.1) is 12.7 Å². The van der Waals surface area contributed by atoms with Crippen LogP contribution in [-0.4, -0.2) is 61.3 Å². The molecule has 2 atom stereocenters. The van der Waals surface area contributed by atoms with Gasteiger partial charge >= 0.3 is 6.03 Å². The molecule has 0 aromatic heterocycles. The van der Waals surface area contributed by atoms with Crippen molar-refractivity contribution in [2.75, 3.05) is 31.6 Å². The summed E-state index contributed by atoms with van der Waals surface area (Å²) in [5.74, 6) is 0.0967. The van der Waals surface area contributed by atoms with Crippen LogP contribution in [0.2, 0.25) is 0 Å². The van der Waals surface area contributed by atoms with E-state index in [2.05, 4.69) is 16.0 Å². The van der Waals surface area contributed by atoms with Gasteiger partial charge in [0.25, 0.3) is 0 Å². The Labute approximate surface area is 148 Å². The van der Waals surface area contributed by atoms with Crippen molar-refractivity contribution in [3.8, 4) is 0 Å². The maximum Gasteiger partial charge on any atom is 0.319 e. The van der Waals surface area contributed by atoms with Gasteiger partial charge in [-0.05, 0) is 31.9 Å². The van der Waals surface area contributed by atoms with Crippen molar-refractivity contribution in [2.24, 2.45) is 0 Å². The fraction of sp³-hybridized carbons (Fsp3) is 0.556. The van der Waals surface area contributed by atoms with Gasteiger partial charge in [-0.15, -0.1) is 0 Å². The number of piperidine rings is 1. The van der Waals surface area contributed by atoms with E-state index in [9.17, 15) is 9.59 Å². The number of rotatable bonds is 3. The summed E-state index contributed by atoms with van der Waals surface area (Å²) in [6, 6.07) is 8.98. The van der Waals surface area contributed by atoms with Gasteiger partial charge in [0.1, 0.15) is 6.04 Å². The van der Waals surface area contributed by atoms with E-state index in [-0.39, 0.29) is 30.1 Å². The fourth-order valence-corrected chi connectivity index (χ4v) is 3.32. The average Bonchev–Trinajstić information content (AvgIpc) is 2.63. The average molecular weight is 346 g/mol. The highest BCUT2D eigenvalue weighted by Crippen LogP contribution is 2.15. The summed E-state index contributed by atoms with van der Waals surface area (Å²) in [5.41, 5.74) is 0.768. The van der Waals surface area contributed by atoms with Crippen LogP contribution in [0.25, 0.3) is 0 Å². The molecule has 7 nitrogen and oxygen atoms in total. The third-order valence-corrected chi connectivity index (χ3v) is 4.76. The molecule has 2 fully saturated rings. The largest absolute Gasteiger partial charge is 0.375 e. The topological polar surface area (TPSA) is 82.7 Å². The normalized spacial score (nSPS) is 24.6. The molecule has 25 heavy (non-hydrogen) atoms. The summed E-state index contributed by atoms with van der Waals surface area (Å²) in [7, 11) is 0. The Morgan fingerprint density at radius 2 is 1.92 bits per heavy atom. The van der Waals surface area contributed by atoms with Gasteiger partial charge < -0.3 is 25.6 Å². The standard InChI is InChI=1S/C18H26N4O3/c1-13-16(19-9-12-25-13)17(23)22-10-7-15(8-11-22)21-18(24)20-14-5-3-2-4-6-14/h2-6,13,15-16,19H,7-12H2,1H3,(H2,20,21,24)/t13-,16+/m1/s1. The van der Waals surface area contributed by atoms with Gasteiger partial charge in [-0.25, -0.2) is 4.79 Å². The molecule has 0 radical (unpaired) electrons. The number of ether oxygens (including phenoxy) is 1. The molecule has 3 N–H and O–H groups in total. The van der Waals surface area contributed by atoms with Crippen LogP contribution in [0.3, 0.4) is 0 Å². The molecule has 2 saturated heterocycles. The maximum atomic E-state index is 12.6. The van der Waals surface area contributed by atoms with Gasteiger partial charge in [0, 0.05) is 31.4 Å². The minimum absolute atomic E-state index is 0.0840. The highest BCUT2D eigenvalue weighted by atomic mass is 16.5. The minimum atomic E-state index is -0.264. The molecule has 0 aliphatic carbocycles. The molecule has 1 aromatic carbocycles. The number of para-hydroxylation sites is 1. The number of morpholine rings is 1. The highest BCUT2D eigenvalue weighted by Gasteiger charge is 2.33. The monoisotopic (exact) mass is 346 g/mol. The second-order valence-electron chi connectivity index (χ2n) is 6.57. The number of carbonyl (C=O) groups excluding carboxylic acids is 2. The van der Waals surface area contributed by atoms with Crippen LogP contribution in [0.5, 0.6) is 0 Å². The highest BCUT2D eigenvalue weighted by molar-refractivity contribution is 5.89. The van der Waals surface area contributed by atoms with E-state index in [1.807, 2.05) is 42.2 Å². The lowest BCUT2D eigenvalue weighted by atomic mass is 10.0. The second-order valence-corrected chi connectivity index (χ2v) is 6.57. The van der Waals surface area contributed by atoms with Crippen molar-refractivity contribution in [1.29, 1.82) is 0 Å². The second kappa shape index (κ2) is 8.31. The molecule has 136 valence electrons. The Hall–Kier alpha value is -2.12. The number of urea groups is 1. The smallest absolute Gasteiger partial charge is 0.319 e. The molecule has 7 heteroatoms. The van der Waals surface area contributed by atoms with Crippen molar-refractivity contribution < 1.29 is 14.3 Å². The zero-order chi connectivity index (χ0) is 17.6. The summed E-state index contributed by atoms with van der Waals surface area (Å²) in [6.45, 7) is 4.59. The van der Waals surface area contributed by atoms with Crippen molar-refractivity contribution in [3.63, 3.8) is 0 Å². The van der Waals surface area contributed by atoms with Gasteiger partial charge in [0.2, 0.25) is 5.91 Å². The molecule has 2 aliphatic rings. The Kier molecular flexibility index (Phi) is 5.88. The quantitative estimate of drug-likeness (QED) is 0.767. The van der Waals surface area contributed by atoms with Crippen LogP contribution in [0, 0.1) is 0 Å². The third kappa shape index (κ3) is 4.70. The Balaban J connectivity index is 1.43. The van der Waals surface area contributed by atoms with E-state index in [4.69, 9.17) is 4.74 Å². The van der Waals surface area contributed by atoms with Crippen LogP contribution in [0.1, 0.15) is 19.8 Å². The lowest BCUT2D eigenvalue weighted by Gasteiger charge is -2.37. The predicted octanol–water partition coefficient (Wildman–Crippen LogP) is 1.18. The number of carbonyl (C=O) groups is 2. The Morgan fingerprint density at radius 3 is 2.60 bits per heavy atom. The van der Waals surface area contributed by atoms with Crippen LogP contribution in [0.4, 0.5) is 10.5 Å². The fourth-order valence-electron chi connectivity index (χ4n) is 3.32. The van der Waals surface area contributed by atoms with E-state index < -0.39 is 0 Å². The molecular weight excluding hydrogens is 320 g/mol. The van der Waals surface area contributed by atoms with E-state index in [1.165, 1.54) is 0 Å². The maximum absolute atomic E-state index is 12.6. The molecule has 0 saturated carbocycles. The number of anilines is 1. The van der Waals surface area contributed by atoms with Crippen LogP contribution >= 0.6 is 0 Å². The number of amides is 3. The number of nitrogens with zero attached hydrogens (tertiary/aromatic N) is 1. The van der Waals surface area contributed by atoms with Crippen molar-refractivity contribution in [1.82, 2.24) is 15.5 Å². The first-order valence-electron chi connectivity index (χ1n) is 8.90. The zero-order valence-corrected chi connectivity index (χ0v) is 14.5. The Morgan fingerprint density at radius 1 is 1.20 bits per heavy atom. The molecule has 3 rings (SSSR count). The Bertz CT molecular complexity index is 587. The third-order valence-electron chi connectivity index (χ3n) is 4.76. The van der Waals surface area contributed by atoms with Crippen molar-refractivity contribution in [2.45, 2.75) is 38.0 Å². The van der Waals surface area contributed by atoms with Crippen molar-refractivity contribution in [3.05, 3.63) is 30.3 Å². The van der Waals surface area contributed by atoms with E-state index in [1.54, 1.807) is 0 Å². The molecule has 0 bridgehead atoms. The summed E-state index contributed by atoms with van der Waals surface area (Å²) < 4.78 is 5.56. The zero-order valence-electron chi connectivity index (χ0n) is 14.5. The van der Waals surface area contributed by atoms with Gasteiger partial charge in [-0.1, -0.05) is 18.2 Å². The van der Waals surface area contributed by atoms with Gasteiger partial charge in [0.15, 0.2) is 0 Å². The lowest BCUT2D eigenvalue weighted by molar-refractivity contribution is -0.140. The first kappa shape index (κ1) is 17.7. The predicted molar refractivity (Wildman–Crippen MR) is 95.4 cm³/mol. The summed E-state index contributed by atoms with van der Waals surface area (Å²) >= 11 is 0. The lowest BCUT2D eigenvalue weighted by Crippen LogP contribution is -2.58. The van der Waals surface area contributed by atoms with Gasteiger partial charge in [-0.3, -0.25) is 4.79 Å². The van der Waals surface area contributed by atoms with Crippen molar-refractivity contribution >= 4 is 17.6 Å². The minimum Gasteiger partial charge on any atom is -0.375 e. The van der Waals surface area contributed by atoms with Crippen LogP contribution < -0.4 is 16.0 Å². The molecule has 2 heterocycles. The first-order valence-corrected chi connectivity index (χ1v) is 8.90. The molecule has 0 spiro atoms. The summed E-state index contributed by atoms with van der Waals surface area (Å²) in [4.78, 5) is 26.5. The van der Waals surface area contributed by atoms with Gasteiger partial charge in [-0.2, -0.15) is 0 Å². The first-order chi connectivity index (χ1) is 12.1. The summed E-state index contributed by atoms with van der Waals surface area (Å²) in [5, 5.41) is 9.05. The van der Waals surface area contributed by atoms with Crippen LogP contribution in [-0.2, 0) is 9.53 Å². The van der Waals surface area contributed by atoms with E-state index in [0.717, 1.165) is 18.5 Å². The molecular formula is C18H26N4O3. The molecule has 2 aliphatic heterocycles.